The summed E-state index contributed by atoms with van der Waals surface area (Å²) < 4.78 is 37.7. The van der Waals surface area contributed by atoms with Gasteiger partial charge in [-0.05, 0) is 24.8 Å². The van der Waals surface area contributed by atoms with Crippen molar-refractivity contribution in [2.75, 3.05) is 0 Å². The molecule has 1 aromatic carbocycles. The molecule has 1 saturated carbocycles. The van der Waals surface area contributed by atoms with Gasteiger partial charge in [0.1, 0.15) is 0 Å². The number of piperidine rings is 1. The van der Waals surface area contributed by atoms with Gasteiger partial charge in [-0.2, -0.15) is 13.2 Å². The second-order valence-electron chi connectivity index (χ2n) is 6.44. The summed E-state index contributed by atoms with van der Waals surface area (Å²) in [5.74, 6) is 0.460. The van der Waals surface area contributed by atoms with Gasteiger partial charge in [0.2, 0.25) is 5.91 Å². The lowest BCUT2D eigenvalue weighted by Crippen LogP contribution is -2.41. The molecule has 3 aliphatic rings. The number of benzene rings is 1. The zero-order valence-electron chi connectivity index (χ0n) is 12.7. The van der Waals surface area contributed by atoms with Crippen LogP contribution in [0.15, 0.2) is 29.4 Å². The molecule has 2 bridgehead atoms. The third kappa shape index (κ3) is 2.59. The largest absolute Gasteiger partial charge is 0.448 e. The standard InChI is InChI=1S/C16H16F3N3O2/c17-16(18,19)15-20-13(21-24-15)10-3-1-9(2-4-10)8-22-12-6-5-11(7-12)14(22)23/h1-4,11-12,15H,5-8H2,(H,20,21). The zero-order chi connectivity index (χ0) is 16.9. The Labute approximate surface area is 136 Å². The van der Waals surface area contributed by atoms with E-state index in [2.05, 4.69) is 15.3 Å². The average molecular weight is 339 g/mol. The van der Waals surface area contributed by atoms with Crippen LogP contribution >= 0.6 is 0 Å². The van der Waals surface area contributed by atoms with E-state index < -0.39 is 12.4 Å². The molecular formula is C16H16F3N3O2. The Bertz CT molecular complexity index is 687. The van der Waals surface area contributed by atoms with Gasteiger partial charge >= 0.3 is 6.18 Å². The van der Waals surface area contributed by atoms with E-state index in [1.54, 1.807) is 24.3 Å². The van der Waals surface area contributed by atoms with Crippen LogP contribution < -0.4 is 5.32 Å². The van der Waals surface area contributed by atoms with E-state index in [1.807, 2.05) is 4.90 Å². The Morgan fingerprint density at radius 1 is 1.25 bits per heavy atom. The molecule has 128 valence electrons. The summed E-state index contributed by atoms with van der Waals surface area (Å²) in [5, 5.41) is 5.66. The van der Waals surface area contributed by atoms with Crippen molar-refractivity contribution in [1.82, 2.24) is 10.2 Å². The number of alkyl halides is 3. The molecule has 0 aromatic heterocycles. The van der Waals surface area contributed by atoms with Crippen LogP contribution in [-0.2, 0) is 16.2 Å². The number of oxime groups is 1. The molecular weight excluding hydrogens is 323 g/mol. The molecule has 1 saturated heterocycles. The first-order valence-electron chi connectivity index (χ1n) is 7.88. The minimum Gasteiger partial charge on any atom is -0.359 e. The lowest BCUT2D eigenvalue weighted by atomic mass is 10.1. The number of rotatable bonds is 3. The van der Waals surface area contributed by atoms with Crippen LogP contribution in [0.4, 0.5) is 13.2 Å². The SMILES string of the molecule is O=C1C2CCC(C2)N1Cc1ccc(C2=NOC(C(F)(F)F)N2)cc1. The van der Waals surface area contributed by atoms with Gasteiger partial charge in [-0.3, -0.25) is 4.79 Å². The van der Waals surface area contributed by atoms with Crippen molar-refractivity contribution >= 4 is 11.7 Å². The maximum atomic E-state index is 12.6. The second-order valence-corrected chi connectivity index (χ2v) is 6.44. The first kappa shape index (κ1) is 15.3. The maximum Gasteiger partial charge on any atom is 0.448 e. The van der Waals surface area contributed by atoms with Crippen molar-refractivity contribution < 1.29 is 22.8 Å². The van der Waals surface area contributed by atoms with E-state index in [4.69, 9.17) is 0 Å². The third-order valence-electron chi connectivity index (χ3n) is 4.87. The Morgan fingerprint density at radius 3 is 2.58 bits per heavy atom. The van der Waals surface area contributed by atoms with Crippen LogP contribution in [-0.4, -0.2) is 35.1 Å². The van der Waals surface area contributed by atoms with E-state index in [-0.39, 0.29) is 17.7 Å². The van der Waals surface area contributed by atoms with Gasteiger partial charge in [-0.1, -0.05) is 29.4 Å². The predicted octanol–water partition coefficient (Wildman–Crippen LogP) is 2.37. The average Bonchev–Trinajstić information content (AvgIpc) is 3.25. The molecule has 0 spiro atoms. The van der Waals surface area contributed by atoms with Crippen LogP contribution in [0.2, 0.25) is 0 Å². The van der Waals surface area contributed by atoms with Gasteiger partial charge in [0, 0.05) is 24.1 Å². The van der Waals surface area contributed by atoms with Gasteiger partial charge < -0.3 is 15.1 Å². The molecule has 3 atom stereocenters. The lowest BCUT2D eigenvalue weighted by Gasteiger charge is -2.27. The lowest BCUT2D eigenvalue weighted by molar-refractivity contribution is -0.218. The van der Waals surface area contributed by atoms with Gasteiger partial charge in [0.15, 0.2) is 5.84 Å². The normalized spacial score (nSPS) is 28.8. The molecule has 1 aromatic rings. The number of hydrogen-bond donors (Lipinski definition) is 1. The topological polar surface area (TPSA) is 53.9 Å². The van der Waals surface area contributed by atoms with Gasteiger partial charge in [-0.15, -0.1) is 0 Å². The summed E-state index contributed by atoms with van der Waals surface area (Å²) in [6, 6.07) is 7.31. The van der Waals surface area contributed by atoms with Crippen molar-refractivity contribution in [1.29, 1.82) is 0 Å². The third-order valence-corrected chi connectivity index (χ3v) is 4.87. The number of nitrogens with one attached hydrogen (secondary N) is 1. The van der Waals surface area contributed by atoms with E-state index in [1.165, 1.54) is 0 Å². The number of carbonyl (C=O) groups excluding carboxylic acids is 1. The molecule has 4 rings (SSSR count). The summed E-state index contributed by atoms with van der Waals surface area (Å²) in [4.78, 5) is 18.4. The minimum atomic E-state index is -4.51. The van der Waals surface area contributed by atoms with Crippen LogP contribution in [0.25, 0.3) is 0 Å². The van der Waals surface area contributed by atoms with E-state index in [0.29, 0.717) is 18.2 Å². The molecule has 24 heavy (non-hydrogen) atoms. The van der Waals surface area contributed by atoms with Crippen LogP contribution in [0.1, 0.15) is 30.4 Å². The number of halogens is 3. The Morgan fingerprint density at radius 2 is 2.00 bits per heavy atom. The minimum absolute atomic E-state index is 0.0557. The first-order chi connectivity index (χ1) is 11.4. The predicted molar refractivity (Wildman–Crippen MR) is 78.7 cm³/mol. The number of amides is 1. The van der Waals surface area contributed by atoms with E-state index in [9.17, 15) is 18.0 Å². The second kappa shape index (κ2) is 5.39. The molecule has 1 N–H and O–H groups in total. The van der Waals surface area contributed by atoms with Crippen LogP contribution in [0.3, 0.4) is 0 Å². The molecule has 2 aliphatic heterocycles. The summed E-state index contributed by atoms with van der Waals surface area (Å²) >= 11 is 0. The molecule has 2 fully saturated rings. The summed E-state index contributed by atoms with van der Waals surface area (Å²) in [5.41, 5.74) is 1.46. The molecule has 2 heterocycles. The summed E-state index contributed by atoms with van der Waals surface area (Å²) in [6.07, 6.45) is -3.62. The fourth-order valence-corrected chi connectivity index (χ4v) is 3.61. The number of likely N-dealkylation sites (tertiary alicyclic amines) is 1. The van der Waals surface area contributed by atoms with Crippen LogP contribution in [0, 0.1) is 5.92 Å². The highest BCUT2D eigenvalue weighted by atomic mass is 19.4. The van der Waals surface area contributed by atoms with Crippen LogP contribution in [0.5, 0.6) is 0 Å². The molecule has 5 nitrogen and oxygen atoms in total. The highest BCUT2D eigenvalue weighted by molar-refractivity contribution is 5.99. The molecule has 3 unspecified atom stereocenters. The van der Waals surface area contributed by atoms with E-state index in [0.717, 1.165) is 24.8 Å². The highest BCUT2D eigenvalue weighted by Crippen LogP contribution is 2.39. The highest BCUT2D eigenvalue weighted by Gasteiger charge is 2.46. The van der Waals surface area contributed by atoms with Gasteiger partial charge in [-0.25, -0.2) is 0 Å². The van der Waals surface area contributed by atoms with E-state index >= 15 is 0 Å². The summed E-state index contributed by atoms with van der Waals surface area (Å²) in [7, 11) is 0. The Kier molecular flexibility index (Phi) is 3.43. The fraction of sp³-hybridized carbons (Fsp3) is 0.500. The summed E-state index contributed by atoms with van der Waals surface area (Å²) in [6.45, 7) is 0.544. The smallest absolute Gasteiger partial charge is 0.359 e. The first-order valence-corrected chi connectivity index (χ1v) is 7.88. The zero-order valence-corrected chi connectivity index (χ0v) is 12.7. The van der Waals surface area contributed by atoms with Crippen molar-refractivity contribution in [3.63, 3.8) is 0 Å². The maximum absolute atomic E-state index is 12.6. The monoisotopic (exact) mass is 339 g/mol. The van der Waals surface area contributed by atoms with Crippen molar-refractivity contribution in [3.05, 3.63) is 35.4 Å². The van der Waals surface area contributed by atoms with Crippen molar-refractivity contribution in [2.24, 2.45) is 11.1 Å². The number of hydrogen-bond acceptors (Lipinski definition) is 4. The number of carbonyl (C=O) groups is 1. The Balaban J connectivity index is 1.42. The number of amidine groups is 1. The molecule has 8 heteroatoms. The number of nitrogens with zero attached hydrogens (tertiary/aromatic N) is 2. The quantitative estimate of drug-likeness (QED) is 0.920. The molecule has 0 radical (unpaired) electrons. The van der Waals surface area contributed by atoms with Crippen molar-refractivity contribution in [2.45, 2.75) is 44.3 Å². The molecule has 1 aliphatic carbocycles. The van der Waals surface area contributed by atoms with Gasteiger partial charge in [0.05, 0.1) is 0 Å². The van der Waals surface area contributed by atoms with Gasteiger partial charge in [0.25, 0.3) is 6.23 Å². The van der Waals surface area contributed by atoms with Crippen molar-refractivity contribution in [3.8, 4) is 0 Å². The molecule has 1 amide bonds. The number of fused-ring (bicyclic) bond motifs is 2. The Hall–Kier alpha value is -2.25. The fourth-order valence-electron chi connectivity index (χ4n) is 3.61.